The largest absolute Gasteiger partial charge is 0.496 e. The van der Waals surface area contributed by atoms with Gasteiger partial charge < -0.3 is 15.4 Å². The highest BCUT2D eigenvalue weighted by Crippen LogP contribution is 2.24. The Hall–Kier alpha value is -2.37. The number of benzene rings is 2. The van der Waals surface area contributed by atoms with Gasteiger partial charge in [-0.05, 0) is 74.2 Å². The summed E-state index contributed by atoms with van der Waals surface area (Å²) in [5.41, 5.74) is 3.85. The maximum atomic E-state index is 12.4. The molecular weight excluding hydrogens is 388 g/mol. The van der Waals surface area contributed by atoms with E-state index in [1.54, 1.807) is 7.11 Å². The number of hydrogen-bond donors (Lipinski definition) is 2. The number of fused-ring (bicyclic) bond motifs is 1. The normalized spacial score (nSPS) is 12.5. The second kappa shape index (κ2) is 11.6. The van der Waals surface area contributed by atoms with E-state index in [4.69, 9.17) is 4.74 Å². The summed E-state index contributed by atoms with van der Waals surface area (Å²) in [7, 11) is 1.70. The molecule has 2 N–H and O–H groups in total. The first kappa shape index (κ1) is 22.9. The lowest BCUT2D eigenvalue weighted by molar-refractivity contribution is -0.116. The molecule has 2 aromatic rings. The summed E-state index contributed by atoms with van der Waals surface area (Å²) in [5, 5.41) is 6.29. The van der Waals surface area contributed by atoms with Gasteiger partial charge in [0.25, 0.3) is 0 Å². The first-order valence-corrected chi connectivity index (χ1v) is 9.96. The molecule has 0 bridgehead atoms. The van der Waals surface area contributed by atoms with Crippen molar-refractivity contribution in [2.24, 2.45) is 0 Å². The maximum absolute atomic E-state index is 12.4. The molecule has 5 nitrogen and oxygen atoms in total. The number of nitrogens with one attached hydrogen (secondary N) is 2. The highest BCUT2D eigenvalue weighted by molar-refractivity contribution is 5.98. The molecule has 0 atom stereocenters. The van der Waals surface area contributed by atoms with Crippen LogP contribution in [0.5, 0.6) is 5.75 Å². The fraction of sp³-hybridized carbons (Fsp3) is 0.391. The maximum Gasteiger partial charge on any atom is 0.224 e. The van der Waals surface area contributed by atoms with Gasteiger partial charge in [-0.25, -0.2) is 0 Å². The zero-order valence-corrected chi connectivity index (χ0v) is 17.6. The van der Waals surface area contributed by atoms with E-state index < -0.39 is 0 Å². The van der Waals surface area contributed by atoms with E-state index in [1.807, 2.05) is 36.4 Å². The van der Waals surface area contributed by atoms with Gasteiger partial charge in [0.15, 0.2) is 5.78 Å². The number of unbranched alkanes of at least 4 members (excludes halogenated alkanes) is 1. The Kier molecular flexibility index (Phi) is 9.16. The summed E-state index contributed by atoms with van der Waals surface area (Å²) in [5.74, 6) is 1.15. The molecule has 0 aliphatic carbocycles. The Labute approximate surface area is 178 Å². The summed E-state index contributed by atoms with van der Waals surface area (Å²) in [6.07, 6.45) is 4.52. The molecule has 0 saturated carbocycles. The summed E-state index contributed by atoms with van der Waals surface area (Å²) < 4.78 is 5.36. The van der Waals surface area contributed by atoms with Crippen molar-refractivity contribution in [2.75, 3.05) is 25.5 Å². The molecule has 1 aliphatic heterocycles. The molecule has 1 aliphatic rings. The van der Waals surface area contributed by atoms with Gasteiger partial charge in [0.1, 0.15) is 5.75 Å². The predicted octanol–water partition coefficient (Wildman–Crippen LogP) is 4.19. The first-order chi connectivity index (χ1) is 13.7. The fourth-order valence-corrected chi connectivity index (χ4v) is 3.49. The van der Waals surface area contributed by atoms with Crippen molar-refractivity contribution in [1.82, 2.24) is 5.32 Å². The second-order valence-corrected chi connectivity index (χ2v) is 7.11. The van der Waals surface area contributed by atoms with E-state index in [9.17, 15) is 9.59 Å². The number of methoxy groups -OCH3 is 1. The molecule has 0 aromatic heterocycles. The molecule has 0 fully saturated rings. The number of anilines is 1. The molecule has 0 unspecified atom stereocenters. The minimum atomic E-state index is 0. The zero-order chi connectivity index (χ0) is 19.8. The third-order valence-corrected chi connectivity index (χ3v) is 5.09. The number of Topliss-reactive ketones (excluding diaryl/α,β-unsaturated/α-hetero) is 1. The van der Waals surface area contributed by atoms with Crippen molar-refractivity contribution in [3.63, 3.8) is 0 Å². The van der Waals surface area contributed by atoms with Gasteiger partial charge in [0.05, 0.1) is 7.11 Å². The van der Waals surface area contributed by atoms with Crippen LogP contribution in [0.4, 0.5) is 5.69 Å². The molecule has 6 heteroatoms. The van der Waals surface area contributed by atoms with Crippen LogP contribution in [0.25, 0.3) is 0 Å². The molecule has 3 rings (SSSR count). The van der Waals surface area contributed by atoms with Crippen LogP contribution < -0.4 is 15.4 Å². The topological polar surface area (TPSA) is 67.4 Å². The number of ketones is 1. The number of ether oxygens (including phenoxy) is 1. The lowest BCUT2D eigenvalue weighted by atomic mass is 9.97. The number of hydrogen-bond acceptors (Lipinski definition) is 4. The van der Waals surface area contributed by atoms with Crippen LogP contribution in [0.3, 0.4) is 0 Å². The standard InChI is InChI=1S/C23H28N2O3.ClH/c1-28-22-8-3-2-6-17(22)13-15-24-14-5-4-7-21(26)19-9-11-20-18(16-19)10-12-23(27)25-20;/h2-3,6,8-9,11,16,24H,4-5,7,10,12-15H2,1H3,(H,25,27);1H. The minimum absolute atomic E-state index is 0. The Morgan fingerprint density at radius 1 is 1.10 bits per heavy atom. The minimum Gasteiger partial charge on any atom is -0.496 e. The summed E-state index contributed by atoms with van der Waals surface area (Å²) in [6, 6.07) is 13.7. The predicted molar refractivity (Wildman–Crippen MR) is 118 cm³/mol. The monoisotopic (exact) mass is 416 g/mol. The van der Waals surface area contributed by atoms with Gasteiger partial charge in [0.2, 0.25) is 5.91 Å². The molecule has 1 heterocycles. The number of aryl methyl sites for hydroxylation is 1. The average Bonchev–Trinajstić information content (AvgIpc) is 2.72. The van der Waals surface area contributed by atoms with E-state index in [1.165, 1.54) is 5.56 Å². The molecule has 29 heavy (non-hydrogen) atoms. The van der Waals surface area contributed by atoms with Crippen LogP contribution in [-0.4, -0.2) is 31.9 Å². The van der Waals surface area contributed by atoms with Crippen molar-refractivity contribution in [3.8, 4) is 5.75 Å². The molecular formula is C23H29ClN2O3. The molecule has 1 amide bonds. The summed E-state index contributed by atoms with van der Waals surface area (Å²) in [6.45, 7) is 1.80. The van der Waals surface area contributed by atoms with Gasteiger partial charge in [0, 0.05) is 24.1 Å². The summed E-state index contributed by atoms with van der Waals surface area (Å²) in [4.78, 5) is 23.8. The van der Waals surface area contributed by atoms with Crippen molar-refractivity contribution in [3.05, 3.63) is 59.2 Å². The first-order valence-electron chi connectivity index (χ1n) is 9.96. The zero-order valence-electron chi connectivity index (χ0n) is 16.8. The lowest BCUT2D eigenvalue weighted by Crippen LogP contribution is -2.19. The quantitative estimate of drug-likeness (QED) is 0.450. The second-order valence-electron chi connectivity index (χ2n) is 7.11. The third kappa shape index (κ3) is 6.58. The average molecular weight is 417 g/mol. The Balaban J connectivity index is 0.00000300. The van der Waals surface area contributed by atoms with Crippen LogP contribution in [0.2, 0.25) is 0 Å². The smallest absolute Gasteiger partial charge is 0.224 e. The number of carbonyl (C=O) groups excluding carboxylic acids is 2. The van der Waals surface area contributed by atoms with E-state index in [0.717, 1.165) is 54.9 Å². The number of rotatable bonds is 10. The number of amides is 1. The molecule has 2 aromatic carbocycles. The van der Waals surface area contributed by atoms with Gasteiger partial charge in [-0.3, -0.25) is 9.59 Å². The van der Waals surface area contributed by atoms with Crippen LogP contribution in [0.15, 0.2) is 42.5 Å². The number of carbonyl (C=O) groups is 2. The van der Waals surface area contributed by atoms with Crippen LogP contribution in [-0.2, 0) is 17.6 Å². The van der Waals surface area contributed by atoms with Crippen molar-refractivity contribution in [1.29, 1.82) is 0 Å². The van der Waals surface area contributed by atoms with Gasteiger partial charge >= 0.3 is 0 Å². The van der Waals surface area contributed by atoms with Crippen LogP contribution in [0, 0.1) is 0 Å². The lowest BCUT2D eigenvalue weighted by Gasteiger charge is -2.17. The highest BCUT2D eigenvalue weighted by atomic mass is 35.5. The van der Waals surface area contributed by atoms with Crippen molar-refractivity contribution < 1.29 is 14.3 Å². The molecule has 156 valence electrons. The number of para-hydroxylation sites is 1. The van der Waals surface area contributed by atoms with E-state index in [0.29, 0.717) is 19.3 Å². The SMILES string of the molecule is COc1ccccc1CCNCCCCC(=O)c1ccc2c(c1)CCC(=O)N2.Cl. The van der Waals surface area contributed by atoms with E-state index in [-0.39, 0.29) is 24.1 Å². The molecule has 0 radical (unpaired) electrons. The highest BCUT2D eigenvalue weighted by Gasteiger charge is 2.16. The van der Waals surface area contributed by atoms with E-state index in [2.05, 4.69) is 16.7 Å². The molecule has 0 saturated heterocycles. The Morgan fingerprint density at radius 3 is 2.76 bits per heavy atom. The van der Waals surface area contributed by atoms with Gasteiger partial charge in [-0.15, -0.1) is 12.4 Å². The van der Waals surface area contributed by atoms with Crippen molar-refractivity contribution in [2.45, 2.75) is 38.5 Å². The van der Waals surface area contributed by atoms with Gasteiger partial charge in [-0.1, -0.05) is 18.2 Å². The van der Waals surface area contributed by atoms with Crippen molar-refractivity contribution >= 4 is 29.8 Å². The fourth-order valence-electron chi connectivity index (χ4n) is 3.49. The number of halogens is 1. The molecule has 0 spiro atoms. The van der Waals surface area contributed by atoms with E-state index >= 15 is 0 Å². The van der Waals surface area contributed by atoms with Crippen LogP contribution >= 0.6 is 12.4 Å². The Bertz CT molecular complexity index is 839. The van der Waals surface area contributed by atoms with Crippen LogP contribution in [0.1, 0.15) is 47.2 Å². The summed E-state index contributed by atoms with van der Waals surface area (Å²) >= 11 is 0. The third-order valence-electron chi connectivity index (χ3n) is 5.09. The van der Waals surface area contributed by atoms with Gasteiger partial charge in [-0.2, -0.15) is 0 Å². The Morgan fingerprint density at radius 2 is 1.93 bits per heavy atom.